The molecule has 16 heavy (non-hydrogen) atoms. The molecule has 82 valence electrons. The zero-order valence-corrected chi connectivity index (χ0v) is 9.42. The van der Waals surface area contributed by atoms with Gasteiger partial charge in [-0.2, -0.15) is 0 Å². The van der Waals surface area contributed by atoms with Gasteiger partial charge in [0.1, 0.15) is 6.29 Å². The molecule has 2 heteroatoms. The lowest BCUT2D eigenvalue weighted by atomic mass is 9.72. The lowest BCUT2D eigenvalue weighted by Crippen LogP contribution is -2.27. The van der Waals surface area contributed by atoms with Crippen LogP contribution >= 0.6 is 0 Å². The summed E-state index contributed by atoms with van der Waals surface area (Å²) in [5.41, 5.74) is 4.62. The normalized spacial score (nSPS) is 27.1. The number of anilines is 1. The zero-order valence-electron chi connectivity index (χ0n) is 9.42. The SMILES string of the molecule is CC12CCCC(C=O)=C1Nc1ccccc12. The van der Waals surface area contributed by atoms with Crippen molar-refractivity contribution in [3.8, 4) is 0 Å². The Balaban J connectivity index is 2.23. The monoisotopic (exact) mass is 213 g/mol. The van der Waals surface area contributed by atoms with Crippen molar-refractivity contribution in [2.24, 2.45) is 0 Å². The zero-order chi connectivity index (χ0) is 11.2. The van der Waals surface area contributed by atoms with Crippen molar-refractivity contribution >= 4 is 12.0 Å². The van der Waals surface area contributed by atoms with Crippen LogP contribution in [0.1, 0.15) is 31.7 Å². The van der Waals surface area contributed by atoms with E-state index >= 15 is 0 Å². The van der Waals surface area contributed by atoms with Crippen molar-refractivity contribution in [2.45, 2.75) is 31.6 Å². The van der Waals surface area contributed by atoms with E-state index in [9.17, 15) is 4.79 Å². The van der Waals surface area contributed by atoms with Gasteiger partial charge >= 0.3 is 0 Å². The van der Waals surface area contributed by atoms with Crippen molar-refractivity contribution in [3.63, 3.8) is 0 Å². The smallest absolute Gasteiger partial charge is 0.147 e. The minimum atomic E-state index is 0.0328. The summed E-state index contributed by atoms with van der Waals surface area (Å²) in [6.07, 6.45) is 4.16. The van der Waals surface area contributed by atoms with Gasteiger partial charge in [0.2, 0.25) is 0 Å². The summed E-state index contributed by atoms with van der Waals surface area (Å²) in [6, 6.07) is 8.37. The summed E-state index contributed by atoms with van der Waals surface area (Å²) in [6.45, 7) is 2.24. The van der Waals surface area contributed by atoms with Crippen LogP contribution in [0.4, 0.5) is 5.69 Å². The highest BCUT2D eigenvalue weighted by Crippen LogP contribution is 2.50. The molecule has 0 fully saturated rings. The van der Waals surface area contributed by atoms with E-state index in [4.69, 9.17) is 0 Å². The highest BCUT2D eigenvalue weighted by Gasteiger charge is 2.41. The lowest BCUT2D eigenvalue weighted by molar-refractivity contribution is -0.105. The molecule has 1 aromatic carbocycles. The maximum Gasteiger partial charge on any atom is 0.147 e. The fraction of sp³-hybridized carbons (Fsp3) is 0.357. The topological polar surface area (TPSA) is 29.1 Å². The molecule has 0 bridgehead atoms. The summed E-state index contributed by atoms with van der Waals surface area (Å²) < 4.78 is 0. The molecule has 0 amide bonds. The lowest BCUT2D eigenvalue weighted by Gasteiger charge is -2.31. The fourth-order valence-electron chi connectivity index (χ4n) is 3.05. The number of hydrogen-bond acceptors (Lipinski definition) is 2. The molecule has 1 unspecified atom stereocenters. The first-order valence-electron chi connectivity index (χ1n) is 5.81. The van der Waals surface area contributed by atoms with Crippen LogP contribution in [0.15, 0.2) is 35.5 Å². The molecule has 3 rings (SSSR count). The molecule has 2 aliphatic rings. The van der Waals surface area contributed by atoms with Crippen LogP contribution in [-0.2, 0) is 10.2 Å². The third-order valence-corrected chi connectivity index (χ3v) is 3.92. The van der Waals surface area contributed by atoms with Crippen molar-refractivity contribution in [1.29, 1.82) is 0 Å². The summed E-state index contributed by atoms with van der Waals surface area (Å²) >= 11 is 0. The number of carbonyl (C=O) groups is 1. The highest BCUT2D eigenvalue weighted by atomic mass is 16.1. The number of carbonyl (C=O) groups excluding carboxylic acids is 1. The number of allylic oxidation sites excluding steroid dienone is 2. The third-order valence-electron chi connectivity index (χ3n) is 3.92. The summed E-state index contributed by atoms with van der Waals surface area (Å²) in [5, 5.41) is 3.43. The van der Waals surface area contributed by atoms with E-state index in [0.717, 1.165) is 36.8 Å². The molecule has 1 atom stereocenters. The van der Waals surface area contributed by atoms with Crippen LogP contribution in [0, 0.1) is 0 Å². The van der Waals surface area contributed by atoms with Crippen LogP contribution in [0.3, 0.4) is 0 Å². The summed E-state index contributed by atoms with van der Waals surface area (Å²) in [7, 11) is 0. The molecular formula is C14H15NO. The number of aldehydes is 1. The molecular weight excluding hydrogens is 198 g/mol. The van der Waals surface area contributed by atoms with Gasteiger partial charge in [0.25, 0.3) is 0 Å². The van der Waals surface area contributed by atoms with Gasteiger partial charge in [-0.1, -0.05) is 18.2 Å². The van der Waals surface area contributed by atoms with E-state index in [2.05, 4.69) is 30.4 Å². The number of fused-ring (bicyclic) bond motifs is 3. The first kappa shape index (κ1) is 9.64. The van der Waals surface area contributed by atoms with Gasteiger partial charge in [-0.3, -0.25) is 4.79 Å². The van der Waals surface area contributed by atoms with Gasteiger partial charge in [-0.25, -0.2) is 0 Å². The second-order valence-electron chi connectivity index (χ2n) is 4.87. The van der Waals surface area contributed by atoms with E-state index in [0.29, 0.717) is 0 Å². The molecule has 1 N–H and O–H groups in total. The standard InChI is InChI=1S/C14H15NO/c1-14-8-4-5-10(9-16)13(14)15-12-7-3-2-6-11(12)14/h2-3,6-7,9,15H,4-5,8H2,1H3. The predicted molar refractivity (Wildman–Crippen MR) is 64.4 cm³/mol. The van der Waals surface area contributed by atoms with Gasteiger partial charge < -0.3 is 5.32 Å². The molecule has 0 saturated carbocycles. The first-order chi connectivity index (χ1) is 7.75. The second-order valence-corrected chi connectivity index (χ2v) is 4.87. The van der Waals surface area contributed by atoms with Crippen molar-refractivity contribution in [3.05, 3.63) is 41.1 Å². The number of rotatable bonds is 1. The minimum absolute atomic E-state index is 0.0328. The van der Waals surface area contributed by atoms with Crippen molar-refractivity contribution in [1.82, 2.24) is 0 Å². The van der Waals surface area contributed by atoms with Crippen LogP contribution in [0.2, 0.25) is 0 Å². The number of benzene rings is 1. The van der Waals surface area contributed by atoms with Crippen LogP contribution in [-0.4, -0.2) is 6.29 Å². The average Bonchev–Trinajstić information content (AvgIpc) is 2.62. The summed E-state index contributed by atoms with van der Waals surface area (Å²) in [5.74, 6) is 0. The Morgan fingerprint density at radius 2 is 2.19 bits per heavy atom. The fourth-order valence-corrected chi connectivity index (χ4v) is 3.05. The van der Waals surface area contributed by atoms with Gasteiger partial charge in [0, 0.05) is 22.4 Å². The van der Waals surface area contributed by atoms with Gasteiger partial charge in [0.15, 0.2) is 0 Å². The Bertz CT molecular complexity index is 489. The molecule has 1 aromatic rings. The first-order valence-corrected chi connectivity index (χ1v) is 5.81. The van der Waals surface area contributed by atoms with E-state index in [1.54, 1.807) is 0 Å². The van der Waals surface area contributed by atoms with E-state index in [1.165, 1.54) is 11.3 Å². The Hall–Kier alpha value is -1.57. The second kappa shape index (κ2) is 3.21. The maximum atomic E-state index is 11.1. The molecule has 2 nitrogen and oxygen atoms in total. The maximum absolute atomic E-state index is 11.1. The molecule has 0 spiro atoms. The number of nitrogens with one attached hydrogen (secondary N) is 1. The minimum Gasteiger partial charge on any atom is -0.358 e. The number of para-hydroxylation sites is 1. The Labute approximate surface area is 95.4 Å². The van der Waals surface area contributed by atoms with Crippen molar-refractivity contribution < 1.29 is 4.79 Å². The summed E-state index contributed by atoms with van der Waals surface area (Å²) in [4.78, 5) is 11.1. The quantitative estimate of drug-likeness (QED) is 0.726. The van der Waals surface area contributed by atoms with Crippen LogP contribution in [0.25, 0.3) is 0 Å². The highest BCUT2D eigenvalue weighted by molar-refractivity contribution is 5.81. The largest absolute Gasteiger partial charge is 0.358 e. The number of hydrogen-bond donors (Lipinski definition) is 1. The van der Waals surface area contributed by atoms with Gasteiger partial charge in [-0.15, -0.1) is 0 Å². The predicted octanol–water partition coefficient (Wildman–Crippen LogP) is 3.01. The molecule has 1 aliphatic carbocycles. The van der Waals surface area contributed by atoms with Crippen molar-refractivity contribution in [2.75, 3.05) is 5.32 Å². The van der Waals surface area contributed by atoms with Gasteiger partial charge in [-0.05, 0) is 37.8 Å². The Morgan fingerprint density at radius 1 is 1.38 bits per heavy atom. The van der Waals surface area contributed by atoms with E-state index in [1.807, 2.05) is 6.07 Å². The molecule has 0 saturated heterocycles. The van der Waals surface area contributed by atoms with Crippen LogP contribution in [0.5, 0.6) is 0 Å². The Kier molecular flexibility index (Phi) is 1.93. The molecule has 1 aliphatic heterocycles. The van der Waals surface area contributed by atoms with Crippen LogP contribution < -0.4 is 5.32 Å². The molecule has 0 radical (unpaired) electrons. The van der Waals surface area contributed by atoms with E-state index in [-0.39, 0.29) is 5.41 Å². The third kappa shape index (κ3) is 1.10. The average molecular weight is 213 g/mol. The molecule has 1 heterocycles. The molecule has 0 aromatic heterocycles. The van der Waals surface area contributed by atoms with E-state index < -0.39 is 0 Å². The Morgan fingerprint density at radius 3 is 3.00 bits per heavy atom. The van der Waals surface area contributed by atoms with Gasteiger partial charge in [0.05, 0.1) is 0 Å².